The second-order valence-corrected chi connectivity index (χ2v) is 8.22. The summed E-state index contributed by atoms with van der Waals surface area (Å²) in [5.74, 6) is -0.378. The monoisotopic (exact) mass is 472 g/mol. The Bertz CT molecular complexity index is 845. The largest absolute Gasteiger partial charge is 0.469 e. The van der Waals surface area contributed by atoms with Gasteiger partial charge in [-0.3, -0.25) is 9.59 Å². The highest BCUT2D eigenvalue weighted by Crippen LogP contribution is 2.31. The molecule has 0 bridgehead atoms. The molecule has 9 heteroatoms. The van der Waals surface area contributed by atoms with E-state index in [1.54, 1.807) is 13.0 Å². The van der Waals surface area contributed by atoms with Crippen LogP contribution < -0.4 is 5.32 Å². The molecule has 0 heterocycles. The highest BCUT2D eigenvalue weighted by Gasteiger charge is 2.30. The fourth-order valence-corrected chi connectivity index (χ4v) is 3.94. The molecule has 0 aromatic heterocycles. The summed E-state index contributed by atoms with van der Waals surface area (Å²) in [7, 11) is 1.38. The summed E-state index contributed by atoms with van der Waals surface area (Å²) in [6.07, 6.45) is 0.232. The van der Waals surface area contributed by atoms with Gasteiger partial charge in [-0.25, -0.2) is 0 Å². The minimum absolute atomic E-state index is 0.0757. The molecule has 0 aliphatic heterocycles. The van der Waals surface area contributed by atoms with Crippen LogP contribution in [0, 0.1) is 11.8 Å². The first kappa shape index (κ1) is 25.8. The number of nitrogens with zero attached hydrogens (tertiary/aromatic N) is 1. The van der Waals surface area contributed by atoms with Crippen LogP contribution in [0.5, 0.6) is 0 Å². The molecule has 1 amide bonds. The molecule has 0 atom stereocenters. The van der Waals surface area contributed by atoms with E-state index < -0.39 is 11.7 Å². The Morgan fingerprint density at radius 1 is 1.22 bits per heavy atom. The van der Waals surface area contributed by atoms with Gasteiger partial charge in [0.1, 0.15) is 10.9 Å². The lowest BCUT2D eigenvalue weighted by molar-refractivity contribution is -0.146. The number of allylic oxidation sites excluding steroid dienone is 1. The van der Waals surface area contributed by atoms with Crippen molar-refractivity contribution in [1.82, 2.24) is 10.2 Å². The number of benzene rings is 1. The van der Waals surface area contributed by atoms with Gasteiger partial charge in [0.05, 0.1) is 18.6 Å². The molecule has 5 nitrogen and oxygen atoms in total. The number of alkyl halides is 3. The number of halogens is 4. The molecular weight excluding hydrogens is 445 g/mol. The number of methoxy groups -OCH3 is 1. The Hall–Kier alpha value is -2.48. The van der Waals surface area contributed by atoms with Gasteiger partial charge in [-0.2, -0.15) is 13.2 Å². The van der Waals surface area contributed by atoms with Gasteiger partial charge in [0.2, 0.25) is 0 Å². The van der Waals surface area contributed by atoms with Crippen LogP contribution in [0.2, 0.25) is 0 Å². The zero-order chi connectivity index (χ0) is 23.9. The Kier molecular flexibility index (Phi) is 9.19. The average Bonchev–Trinajstić information content (AvgIpc) is 2.77. The lowest BCUT2D eigenvalue weighted by atomic mass is 9.82. The predicted molar refractivity (Wildman–Crippen MR) is 116 cm³/mol. The van der Waals surface area contributed by atoms with Crippen molar-refractivity contribution < 1.29 is 27.5 Å². The van der Waals surface area contributed by atoms with Crippen molar-refractivity contribution >= 4 is 23.5 Å². The Balaban J connectivity index is 1.97. The maximum Gasteiger partial charge on any atom is 0.416 e. The van der Waals surface area contributed by atoms with Gasteiger partial charge in [-0.1, -0.05) is 36.4 Å². The van der Waals surface area contributed by atoms with Gasteiger partial charge in [-0.15, -0.1) is 0 Å². The van der Waals surface area contributed by atoms with Gasteiger partial charge in [0, 0.05) is 13.1 Å². The van der Waals surface area contributed by atoms with Crippen molar-refractivity contribution in [1.29, 1.82) is 0 Å². The summed E-state index contributed by atoms with van der Waals surface area (Å²) < 4.78 is 43.1. The number of amides is 1. The van der Waals surface area contributed by atoms with E-state index in [-0.39, 0.29) is 41.1 Å². The molecule has 0 radical (unpaired) electrons. The van der Waals surface area contributed by atoms with Crippen molar-refractivity contribution in [2.24, 2.45) is 11.8 Å². The highest BCUT2D eigenvalue weighted by atomic mass is 35.5. The van der Waals surface area contributed by atoms with Crippen molar-refractivity contribution in [3.63, 3.8) is 0 Å². The number of hydrogen-bond acceptors (Lipinski definition) is 4. The third-order valence-electron chi connectivity index (χ3n) is 5.64. The number of carbonyl (C=O) groups excluding carboxylic acids is 2. The first-order chi connectivity index (χ1) is 15.1. The summed E-state index contributed by atoms with van der Waals surface area (Å²) in [5.41, 5.74) is 0.0599. The Morgan fingerprint density at radius 2 is 1.81 bits per heavy atom. The van der Waals surface area contributed by atoms with Crippen molar-refractivity contribution in [3.05, 3.63) is 58.9 Å². The Morgan fingerprint density at radius 3 is 2.28 bits per heavy atom. The topological polar surface area (TPSA) is 58.6 Å². The molecule has 0 spiro atoms. The van der Waals surface area contributed by atoms with E-state index in [4.69, 9.17) is 16.3 Å². The van der Waals surface area contributed by atoms with Crippen molar-refractivity contribution in [2.75, 3.05) is 13.7 Å². The van der Waals surface area contributed by atoms with Gasteiger partial charge >= 0.3 is 12.1 Å². The number of esters is 1. The number of hydrogen-bond donors (Lipinski definition) is 1. The lowest BCUT2D eigenvalue weighted by Gasteiger charge is -2.29. The quantitative estimate of drug-likeness (QED) is 0.320. The minimum atomic E-state index is -4.42. The molecule has 1 saturated carbocycles. The van der Waals surface area contributed by atoms with E-state index >= 15 is 0 Å². The molecule has 1 fully saturated rings. The lowest BCUT2D eigenvalue weighted by Crippen LogP contribution is -2.37. The van der Waals surface area contributed by atoms with E-state index in [0.717, 1.165) is 37.8 Å². The number of nitrogens with one attached hydrogen (secondary N) is 1. The van der Waals surface area contributed by atoms with E-state index in [1.165, 1.54) is 24.1 Å². The van der Waals surface area contributed by atoms with Crippen LogP contribution in [0.15, 0.2) is 47.8 Å². The molecule has 0 saturated heterocycles. The van der Waals surface area contributed by atoms with Gasteiger partial charge in [-0.05, 0) is 56.2 Å². The maximum absolute atomic E-state index is 12.8. The highest BCUT2D eigenvalue weighted by molar-refractivity contribution is 6.29. The fourth-order valence-electron chi connectivity index (χ4n) is 3.79. The van der Waals surface area contributed by atoms with E-state index in [1.807, 2.05) is 0 Å². The maximum atomic E-state index is 12.8. The van der Waals surface area contributed by atoms with E-state index in [2.05, 4.69) is 11.9 Å². The second kappa shape index (κ2) is 11.4. The number of rotatable bonds is 8. The summed E-state index contributed by atoms with van der Waals surface area (Å²) in [4.78, 5) is 25.9. The molecule has 2 rings (SSSR count). The summed E-state index contributed by atoms with van der Waals surface area (Å²) >= 11 is 6.11. The van der Waals surface area contributed by atoms with Crippen LogP contribution in [0.3, 0.4) is 0 Å². The summed E-state index contributed by atoms with van der Waals surface area (Å²) in [6, 6.07) is 4.68. The van der Waals surface area contributed by atoms with Crippen LogP contribution in [-0.2, 0) is 27.0 Å². The molecule has 32 heavy (non-hydrogen) atoms. The van der Waals surface area contributed by atoms with Crippen molar-refractivity contribution in [2.45, 2.75) is 45.3 Å². The molecular formula is C23H28ClF3N2O3. The van der Waals surface area contributed by atoms with E-state index in [0.29, 0.717) is 12.1 Å². The first-order valence-electron chi connectivity index (χ1n) is 10.4. The van der Waals surface area contributed by atoms with E-state index in [9.17, 15) is 22.8 Å². The van der Waals surface area contributed by atoms with Crippen LogP contribution in [-0.4, -0.2) is 30.4 Å². The normalized spacial score (nSPS) is 19.2. The standard InChI is InChI=1S/C23H28ClF3N2O3/c1-4-20(21(30)28-13-16-5-9-18(10-6-16)22(31)32-3)29(15(2)24)14-17-7-11-19(12-8-17)23(25,26)27/h4,7-8,11-12,16,18H,2,5-6,9-10,13-14H2,1,3H3,(H,28,30)/b20-4-. The fraction of sp³-hybridized carbons (Fsp3) is 0.478. The van der Waals surface area contributed by atoms with Crippen LogP contribution in [0.1, 0.15) is 43.7 Å². The van der Waals surface area contributed by atoms with Crippen LogP contribution in [0.4, 0.5) is 13.2 Å². The van der Waals surface area contributed by atoms with Crippen LogP contribution >= 0.6 is 11.6 Å². The van der Waals surface area contributed by atoms with Gasteiger partial charge < -0.3 is 15.0 Å². The third-order valence-corrected chi connectivity index (χ3v) is 5.85. The smallest absolute Gasteiger partial charge is 0.416 e. The third kappa shape index (κ3) is 7.02. The summed E-state index contributed by atoms with van der Waals surface area (Å²) in [5, 5.41) is 2.97. The molecule has 0 unspecified atom stereocenters. The summed E-state index contributed by atoms with van der Waals surface area (Å²) in [6.45, 7) is 5.91. The first-order valence-corrected chi connectivity index (χ1v) is 10.7. The predicted octanol–water partition coefficient (Wildman–Crippen LogP) is 5.22. The molecule has 1 aliphatic rings. The molecule has 1 N–H and O–H groups in total. The average molecular weight is 473 g/mol. The SMILES string of the molecule is C=C(Cl)N(Cc1ccc(C(F)(F)F)cc1)/C(=C\C)C(=O)NCC1CCC(C(=O)OC)CC1. The molecule has 1 aromatic carbocycles. The minimum Gasteiger partial charge on any atom is -0.469 e. The number of ether oxygens (including phenoxy) is 1. The Labute approximate surface area is 191 Å². The zero-order valence-electron chi connectivity index (χ0n) is 18.2. The zero-order valence-corrected chi connectivity index (χ0v) is 18.9. The number of carbonyl (C=O) groups is 2. The van der Waals surface area contributed by atoms with Crippen molar-refractivity contribution in [3.8, 4) is 0 Å². The van der Waals surface area contributed by atoms with Crippen LogP contribution in [0.25, 0.3) is 0 Å². The second-order valence-electron chi connectivity index (χ2n) is 7.78. The molecule has 176 valence electrons. The van der Waals surface area contributed by atoms with Gasteiger partial charge in [0.15, 0.2) is 0 Å². The van der Waals surface area contributed by atoms with Gasteiger partial charge in [0.25, 0.3) is 5.91 Å². The molecule has 1 aromatic rings. The molecule has 1 aliphatic carbocycles.